The van der Waals surface area contributed by atoms with Crippen LogP contribution >= 0.6 is 0 Å². The number of benzene rings is 1. The molecule has 150 valence electrons. The number of ether oxygens (including phenoxy) is 1. The van der Waals surface area contributed by atoms with Crippen molar-refractivity contribution in [3.05, 3.63) is 41.7 Å². The molecule has 1 aromatic heterocycles. The van der Waals surface area contributed by atoms with Gasteiger partial charge in [0.2, 0.25) is 10.0 Å². The van der Waals surface area contributed by atoms with Gasteiger partial charge in [-0.25, -0.2) is 8.42 Å². The van der Waals surface area contributed by atoms with Crippen LogP contribution in [0.4, 0.5) is 0 Å². The Kier molecular flexibility index (Phi) is 5.11. The van der Waals surface area contributed by atoms with Gasteiger partial charge in [-0.3, -0.25) is 9.48 Å². The number of methoxy groups -OCH3 is 1. The molecule has 0 radical (unpaired) electrons. The summed E-state index contributed by atoms with van der Waals surface area (Å²) in [4.78, 5) is 12.4. The van der Waals surface area contributed by atoms with Gasteiger partial charge in [0.1, 0.15) is 11.4 Å². The summed E-state index contributed by atoms with van der Waals surface area (Å²) in [6.07, 6.45) is 2.44. The molecule has 4 rings (SSSR count). The molecule has 1 unspecified atom stereocenters. The van der Waals surface area contributed by atoms with Crippen molar-refractivity contribution in [1.29, 1.82) is 0 Å². The largest absolute Gasteiger partial charge is 0.497 e. The van der Waals surface area contributed by atoms with Crippen LogP contribution in [-0.4, -0.2) is 55.2 Å². The first-order valence-corrected chi connectivity index (χ1v) is 10.9. The van der Waals surface area contributed by atoms with Crippen LogP contribution in [0.5, 0.6) is 5.75 Å². The highest BCUT2D eigenvalue weighted by Gasteiger charge is 2.33. The van der Waals surface area contributed by atoms with E-state index >= 15 is 0 Å². The molecule has 1 saturated heterocycles. The molecule has 0 bridgehead atoms. The highest BCUT2D eigenvalue weighted by molar-refractivity contribution is 7.89. The maximum Gasteiger partial charge on any atom is 0.269 e. The Morgan fingerprint density at radius 3 is 2.89 bits per heavy atom. The highest BCUT2D eigenvalue weighted by atomic mass is 32.2. The SMILES string of the molecule is COc1cccc(S(=O)(=O)N2CCCC(c3cc4n(n3)CCCNC4=O)C2)c1. The number of nitrogens with one attached hydrogen (secondary N) is 1. The number of amides is 1. The summed E-state index contributed by atoms with van der Waals surface area (Å²) in [7, 11) is -2.10. The summed E-state index contributed by atoms with van der Waals surface area (Å²) in [5.41, 5.74) is 1.35. The Morgan fingerprint density at radius 1 is 1.21 bits per heavy atom. The van der Waals surface area contributed by atoms with Gasteiger partial charge in [0.25, 0.3) is 5.91 Å². The lowest BCUT2D eigenvalue weighted by Crippen LogP contribution is -2.39. The molecule has 1 N–H and O–H groups in total. The Balaban J connectivity index is 1.58. The number of sulfonamides is 1. The summed E-state index contributed by atoms with van der Waals surface area (Å²) in [5.74, 6) is 0.368. The van der Waals surface area contributed by atoms with Crippen LogP contribution in [0.15, 0.2) is 35.2 Å². The van der Waals surface area contributed by atoms with E-state index in [4.69, 9.17) is 4.74 Å². The van der Waals surface area contributed by atoms with Crippen molar-refractivity contribution < 1.29 is 17.9 Å². The van der Waals surface area contributed by atoms with Crippen LogP contribution in [0.2, 0.25) is 0 Å². The summed E-state index contributed by atoms with van der Waals surface area (Å²) in [5, 5.41) is 7.48. The van der Waals surface area contributed by atoms with Gasteiger partial charge in [-0.2, -0.15) is 9.40 Å². The van der Waals surface area contributed by atoms with Crippen LogP contribution < -0.4 is 10.1 Å². The second kappa shape index (κ2) is 7.56. The number of nitrogens with zero attached hydrogens (tertiary/aromatic N) is 3. The number of aryl methyl sites for hydroxylation is 1. The normalized spacial score (nSPS) is 20.9. The van der Waals surface area contributed by atoms with E-state index in [0.717, 1.165) is 25.0 Å². The second-order valence-corrected chi connectivity index (χ2v) is 9.11. The Bertz CT molecular complexity index is 986. The Hall–Kier alpha value is -2.39. The quantitative estimate of drug-likeness (QED) is 0.835. The van der Waals surface area contributed by atoms with Crippen molar-refractivity contribution in [1.82, 2.24) is 19.4 Å². The molecule has 3 heterocycles. The van der Waals surface area contributed by atoms with Gasteiger partial charge in [-0.1, -0.05) is 6.07 Å². The third-order valence-corrected chi connectivity index (χ3v) is 7.21. The molecule has 9 heteroatoms. The van der Waals surface area contributed by atoms with Crippen LogP contribution in [0, 0.1) is 0 Å². The molecule has 2 aliphatic rings. The van der Waals surface area contributed by atoms with Crippen molar-refractivity contribution in [2.45, 2.75) is 36.6 Å². The first kappa shape index (κ1) is 18.9. The van der Waals surface area contributed by atoms with E-state index in [1.165, 1.54) is 11.4 Å². The van der Waals surface area contributed by atoms with Crippen LogP contribution in [0.1, 0.15) is 41.4 Å². The minimum atomic E-state index is -3.61. The molecule has 1 fully saturated rings. The third-order valence-electron chi connectivity index (χ3n) is 5.35. The average Bonchev–Trinajstić information content (AvgIpc) is 3.08. The molecule has 2 aromatic rings. The van der Waals surface area contributed by atoms with Gasteiger partial charge in [-0.15, -0.1) is 0 Å². The molecule has 0 aliphatic carbocycles. The average molecular weight is 404 g/mol. The van der Waals surface area contributed by atoms with Crippen LogP contribution in [0.3, 0.4) is 0 Å². The fourth-order valence-corrected chi connectivity index (χ4v) is 5.38. The smallest absolute Gasteiger partial charge is 0.269 e. The number of rotatable bonds is 4. The maximum absolute atomic E-state index is 13.1. The van der Waals surface area contributed by atoms with Crippen molar-refractivity contribution in [3.63, 3.8) is 0 Å². The molecule has 0 saturated carbocycles. The van der Waals surface area contributed by atoms with E-state index in [1.54, 1.807) is 28.9 Å². The fourth-order valence-electron chi connectivity index (χ4n) is 3.82. The predicted octanol–water partition coefficient (Wildman–Crippen LogP) is 1.59. The van der Waals surface area contributed by atoms with E-state index < -0.39 is 10.0 Å². The zero-order valence-corrected chi connectivity index (χ0v) is 16.6. The highest BCUT2D eigenvalue weighted by Crippen LogP contribution is 2.31. The van der Waals surface area contributed by atoms with Gasteiger partial charge in [0.05, 0.1) is 17.7 Å². The van der Waals surface area contributed by atoms with Gasteiger partial charge in [0, 0.05) is 38.2 Å². The summed E-state index contributed by atoms with van der Waals surface area (Å²) < 4.78 is 34.6. The van der Waals surface area contributed by atoms with Crippen molar-refractivity contribution >= 4 is 15.9 Å². The van der Waals surface area contributed by atoms with Gasteiger partial charge >= 0.3 is 0 Å². The van der Waals surface area contributed by atoms with Crippen LogP contribution in [-0.2, 0) is 16.6 Å². The van der Waals surface area contributed by atoms with Crippen molar-refractivity contribution in [3.8, 4) is 5.75 Å². The topological polar surface area (TPSA) is 93.5 Å². The standard InChI is InChI=1S/C19H24N4O4S/c1-27-15-6-2-7-16(11-15)28(25,26)22-9-3-5-14(13-22)17-12-18-19(24)20-8-4-10-23(18)21-17/h2,6-7,11-12,14H,3-5,8-10,13H2,1H3,(H,20,24). The van der Waals surface area contributed by atoms with Crippen molar-refractivity contribution in [2.75, 3.05) is 26.7 Å². The lowest BCUT2D eigenvalue weighted by atomic mass is 9.96. The number of fused-ring (bicyclic) bond motifs is 1. The zero-order chi connectivity index (χ0) is 19.7. The minimum Gasteiger partial charge on any atom is -0.497 e. The maximum atomic E-state index is 13.1. The number of carbonyl (C=O) groups excluding carboxylic acids is 1. The molecule has 28 heavy (non-hydrogen) atoms. The van der Waals surface area contributed by atoms with Gasteiger partial charge in [0.15, 0.2) is 0 Å². The number of hydrogen-bond donors (Lipinski definition) is 1. The molecular weight excluding hydrogens is 380 g/mol. The van der Waals surface area contributed by atoms with Gasteiger partial charge in [-0.05, 0) is 37.5 Å². The number of piperidine rings is 1. The zero-order valence-electron chi connectivity index (χ0n) is 15.8. The van der Waals surface area contributed by atoms with Gasteiger partial charge < -0.3 is 10.1 Å². The third kappa shape index (κ3) is 3.51. The summed E-state index contributed by atoms with van der Waals surface area (Å²) >= 11 is 0. The lowest BCUT2D eigenvalue weighted by Gasteiger charge is -2.31. The Morgan fingerprint density at radius 2 is 2.07 bits per heavy atom. The van der Waals surface area contributed by atoms with Crippen LogP contribution in [0.25, 0.3) is 0 Å². The van der Waals surface area contributed by atoms with E-state index in [9.17, 15) is 13.2 Å². The number of carbonyl (C=O) groups is 1. The Labute approximate surface area is 164 Å². The monoisotopic (exact) mass is 404 g/mol. The molecule has 1 atom stereocenters. The molecule has 8 nitrogen and oxygen atoms in total. The molecule has 1 aromatic carbocycles. The number of hydrogen-bond acceptors (Lipinski definition) is 5. The second-order valence-electron chi connectivity index (χ2n) is 7.17. The van der Waals surface area contributed by atoms with E-state index in [-0.39, 0.29) is 16.7 Å². The fraction of sp³-hybridized carbons (Fsp3) is 0.474. The molecule has 2 aliphatic heterocycles. The summed E-state index contributed by atoms with van der Waals surface area (Å²) in [6.45, 7) is 2.17. The number of aromatic nitrogens is 2. The predicted molar refractivity (Wildman–Crippen MR) is 103 cm³/mol. The summed E-state index contributed by atoms with van der Waals surface area (Å²) in [6, 6.07) is 8.35. The lowest BCUT2D eigenvalue weighted by molar-refractivity contribution is 0.0950. The van der Waals surface area contributed by atoms with E-state index in [0.29, 0.717) is 37.6 Å². The molecule has 1 amide bonds. The molecular formula is C19H24N4O4S. The van der Waals surface area contributed by atoms with Crippen molar-refractivity contribution in [2.24, 2.45) is 0 Å². The molecule has 0 spiro atoms. The first-order chi connectivity index (χ1) is 13.5. The van der Waals surface area contributed by atoms with E-state index in [1.807, 2.05) is 6.07 Å². The minimum absolute atomic E-state index is 0.0265. The first-order valence-electron chi connectivity index (χ1n) is 9.49. The van der Waals surface area contributed by atoms with E-state index in [2.05, 4.69) is 10.4 Å².